The van der Waals surface area contributed by atoms with Crippen LogP contribution >= 0.6 is 0 Å². The number of hydrogen-bond donors (Lipinski definition) is 1. The minimum absolute atomic E-state index is 0.345. The van der Waals surface area contributed by atoms with E-state index in [4.69, 9.17) is 5.73 Å². The van der Waals surface area contributed by atoms with Crippen molar-refractivity contribution in [2.24, 2.45) is 21.9 Å². The molecule has 0 aromatic heterocycles. The number of fused-ring (bicyclic) bond motifs is 3. The minimum atomic E-state index is -0.365. The Labute approximate surface area is 104 Å². The molecule has 4 heteroatoms. The zero-order valence-corrected chi connectivity index (χ0v) is 10.1. The quantitative estimate of drug-likeness (QED) is 0.812. The van der Waals surface area contributed by atoms with E-state index in [-0.39, 0.29) is 11.8 Å². The maximum Gasteiger partial charge on any atom is 0.226 e. The highest BCUT2D eigenvalue weighted by molar-refractivity contribution is 6.15. The van der Waals surface area contributed by atoms with Gasteiger partial charge in [-0.1, -0.05) is 31.2 Å². The van der Waals surface area contributed by atoms with Crippen LogP contribution in [0.25, 0.3) is 12.2 Å². The third kappa shape index (κ3) is 1.42. The first-order valence-corrected chi connectivity index (χ1v) is 5.99. The van der Waals surface area contributed by atoms with E-state index in [1.54, 1.807) is 0 Å². The van der Waals surface area contributed by atoms with Gasteiger partial charge in [0.25, 0.3) is 0 Å². The Morgan fingerprint density at radius 3 is 2.94 bits per heavy atom. The Balaban J connectivity index is 2.20. The molecule has 1 aliphatic carbocycles. The fourth-order valence-corrected chi connectivity index (χ4v) is 2.48. The summed E-state index contributed by atoms with van der Waals surface area (Å²) >= 11 is 0. The van der Waals surface area contributed by atoms with Crippen LogP contribution in [0.4, 0.5) is 0 Å². The van der Waals surface area contributed by atoms with Crippen LogP contribution in [0, 0.1) is 5.92 Å². The molecule has 1 atom stereocenters. The van der Waals surface area contributed by atoms with Crippen LogP contribution in [-0.4, -0.2) is 11.6 Å². The molecule has 1 heterocycles. The Morgan fingerprint density at radius 1 is 1.39 bits per heavy atom. The average molecular weight is 239 g/mol. The third-order valence-corrected chi connectivity index (χ3v) is 3.40. The molecule has 1 aliphatic heterocycles. The Morgan fingerprint density at radius 2 is 2.22 bits per heavy atom. The molecular formula is C14H13N3O. The first kappa shape index (κ1) is 10.9. The highest BCUT2D eigenvalue weighted by atomic mass is 16.1. The zero-order valence-electron chi connectivity index (χ0n) is 10.1. The van der Waals surface area contributed by atoms with Crippen molar-refractivity contribution in [2.45, 2.75) is 13.3 Å². The van der Waals surface area contributed by atoms with Gasteiger partial charge in [-0.2, -0.15) is 10.2 Å². The van der Waals surface area contributed by atoms with Crippen LogP contribution in [0.3, 0.4) is 0 Å². The molecule has 0 spiro atoms. The van der Waals surface area contributed by atoms with E-state index in [0.29, 0.717) is 12.1 Å². The van der Waals surface area contributed by atoms with Gasteiger partial charge in [-0.15, -0.1) is 0 Å². The topological polar surface area (TPSA) is 67.8 Å². The van der Waals surface area contributed by atoms with Gasteiger partial charge >= 0.3 is 0 Å². The van der Waals surface area contributed by atoms with Gasteiger partial charge in [0, 0.05) is 5.56 Å². The van der Waals surface area contributed by atoms with E-state index in [9.17, 15) is 4.79 Å². The van der Waals surface area contributed by atoms with E-state index < -0.39 is 0 Å². The number of allylic oxidation sites excluding steroid dienone is 1. The largest absolute Gasteiger partial charge is 0.369 e. The molecule has 0 radical (unpaired) electrons. The summed E-state index contributed by atoms with van der Waals surface area (Å²) in [5.74, 6) is -0.710. The van der Waals surface area contributed by atoms with Gasteiger partial charge in [-0.05, 0) is 23.3 Å². The van der Waals surface area contributed by atoms with Crippen LogP contribution in [0.15, 0.2) is 28.4 Å². The molecule has 1 aromatic carbocycles. The van der Waals surface area contributed by atoms with Crippen LogP contribution in [-0.2, 0) is 4.79 Å². The number of carbonyl (C=O) groups excluding carboxylic acids is 1. The van der Waals surface area contributed by atoms with Crippen molar-refractivity contribution in [2.75, 3.05) is 0 Å². The molecular weight excluding hydrogens is 226 g/mol. The molecule has 0 saturated carbocycles. The summed E-state index contributed by atoms with van der Waals surface area (Å²) in [6.07, 6.45) is 6.70. The summed E-state index contributed by atoms with van der Waals surface area (Å²) in [6, 6.07) is 3.95. The summed E-state index contributed by atoms with van der Waals surface area (Å²) in [7, 11) is 0. The molecule has 3 rings (SSSR count). The molecule has 1 amide bonds. The number of benzene rings is 1. The van der Waals surface area contributed by atoms with E-state index in [2.05, 4.69) is 10.2 Å². The Kier molecular flexibility index (Phi) is 2.37. The summed E-state index contributed by atoms with van der Waals surface area (Å²) in [5.41, 5.74) is 8.20. The predicted molar refractivity (Wildman–Crippen MR) is 70.2 cm³/mol. The lowest BCUT2D eigenvalue weighted by Crippen LogP contribution is -2.33. The maximum atomic E-state index is 11.5. The van der Waals surface area contributed by atoms with Gasteiger partial charge in [-0.3, -0.25) is 4.79 Å². The lowest BCUT2D eigenvalue weighted by Gasteiger charge is -2.12. The van der Waals surface area contributed by atoms with E-state index in [0.717, 1.165) is 21.7 Å². The van der Waals surface area contributed by atoms with Gasteiger partial charge in [0.05, 0.1) is 17.0 Å². The number of amides is 1. The van der Waals surface area contributed by atoms with Gasteiger partial charge in [-0.25, -0.2) is 0 Å². The second kappa shape index (κ2) is 3.91. The monoisotopic (exact) mass is 239 g/mol. The fourth-order valence-electron chi connectivity index (χ4n) is 2.48. The number of nitrogens with two attached hydrogens (primary N) is 1. The van der Waals surface area contributed by atoms with Gasteiger partial charge in [0.1, 0.15) is 0 Å². The number of primary amides is 1. The molecule has 18 heavy (non-hydrogen) atoms. The van der Waals surface area contributed by atoms with Crippen molar-refractivity contribution >= 4 is 23.8 Å². The normalized spacial score (nSPS) is 16.4. The van der Waals surface area contributed by atoms with Crippen molar-refractivity contribution in [1.29, 1.82) is 0 Å². The number of hydrogen-bond acceptors (Lipinski definition) is 3. The molecule has 1 aromatic rings. The maximum absolute atomic E-state index is 11.5. The van der Waals surface area contributed by atoms with Crippen LogP contribution in [0.2, 0.25) is 0 Å². The summed E-state index contributed by atoms with van der Waals surface area (Å²) in [4.78, 5) is 11.5. The van der Waals surface area contributed by atoms with Gasteiger partial charge in [0.15, 0.2) is 0 Å². The predicted octanol–water partition coefficient (Wildman–Crippen LogP) is 0.343. The Hall–Kier alpha value is -2.23. The standard InChI is InChI=1S/C14H13N3O/c1-2-9(14(15)18)13-12-10-5-3-4-8(10)6-7-11(12)16-17-13/h3-7,9H,2H2,1H3,(H2,15,18). The van der Waals surface area contributed by atoms with Crippen molar-refractivity contribution in [3.8, 4) is 0 Å². The lowest BCUT2D eigenvalue weighted by atomic mass is 9.90. The van der Waals surface area contributed by atoms with Crippen LogP contribution in [0.5, 0.6) is 0 Å². The SMILES string of the molecule is CCC(C(N)=O)C1=NN=c2ccc3c(c21)C=CC=3. The number of rotatable bonds is 3. The minimum Gasteiger partial charge on any atom is -0.369 e. The molecule has 0 fully saturated rings. The van der Waals surface area contributed by atoms with Gasteiger partial charge < -0.3 is 5.73 Å². The molecule has 4 nitrogen and oxygen atoms in total. The highest BCUT2D eigenvalue weighted by Crippen LogP contribution is 2.18. The molecule has 2 aliphatic rings. The van der Waals surface area contributed by atoms with Gasteiger partial charge in [0.2, 0.25) is 5.91 Å². The van der Waals surface area contributed by atoms with Crippen molar-refractivity contribution in [1.82, 2.24) is 0 Å². The summed E-state index contributed by atoms with van der Waals surface area (Å²) < 4.78 is 0. The first-order chi connectivity index (χ1) is 8.72. The fraction of sp³-hybridized carbons (Fsp3) is 0.214. The lowest BCUT2D eigenvalue weighted by molar-refractivity contribution is -0.119. The van der Waals surface area contributed by atoms with Crippen molar-refractivity contribution < 1.29 is 4.79 Å². The van der Waals surface area contributed by atoms with Crippen molar-refractivity contribution in [3.63, 3.8) is 0 Å². The molecule has 1 unspecified atom stereocenters. The third-order valence-electron chi connectivity index (χ3n) is 3.40. The van der Waals surface area contributed by atoms with Crippen molar-refractivity contribution in [3.05, 3.63) is 39.9 Å². The van der Waals surface area contributed by atoms with Crippen LogP contribution < -0.4 is 16.3 Å². The Bertz CT molecular complexity index is 713. The van der Waals surface area contributed by atoms with E-state index >= 15 is 0 Å². The summed E-state index contributed by atoms with van der Waals surface area (Å²) in [5, 5.41) is 10.3. The van der Waals surface area contributed by atoms with E-state index in [1.807, 2.05) is 37.3 Å². The van der Waals surface area contributed by atoms with Crippen LogP contribution in [0.1, 0.15) is 24.5 Å². The smallest absolute Gasteiger partial charge is 0.226 e. The molecule has 0 saturated heterocycles. The zero-order chi connectivity index (χ0) is 12.7. The highest BCUT2D eigenvalue weighted by Gasteiger charge is 2.27. The molecule has 0 bridgehead atoms. The molecule has 2 N–H and O–H groups in total. The molecule has 90 valence electrons. The number of nitrogens with zero attached hydrogens (tertiary/aromatic N) is 2. The second-order valence-electron chi connectivity index (χ2n) is 4.44. The average Bonchev–Trinajstić information content (AvgIpc) is 2.94. The van der Waals surface area contributed by atoms with E-state index in [1.165, 1.54) is 0 Å². The number of carbonyl (C=O) groups is 1. The first-order valence-electron chi connectivity index (χ1n) is 5.99. The summed E-state index contributed by atoms with van der Waals surface area (Å²) in [6.45, 7) is 1.93. The second-order valence-corrected chi connectivity index (χ2v) is 4.44.